The predicted octanol–water partition coefficient (Wildman–Crippen LogP) is -0.0712. The van der Waals surface area contributed by atoms with Gasteiger partial charge < -0.3 is 0 Å². The molecule has 0 rings (SSSR count). The topological polar surface area (TPSA) is 124 Å². The molecule has 0 radical (unpaired) electrons. The van der Waals surface area contributed by atoms with E-state index in [1.807, 2.05) is 7.05 Å². The van der Waals surface area contributed by atoms with Crippen LogP contribution in [-0.2, 0) is 44.3 Å². The molecule has 0 saturated carbocycles. The van der Waals surface area contributed by atoms with Gasteiger partial charge in [0.25, 0.3) is 0 Å². The molecule has 0 aliphatic carbocycles. The molecular formula is C9H12N2O5W. The predicted molar refractivity (Wildman–Crippen MR) is 47.0 cm³/mol. The molecule has 0 amide bonds. The van der Waals surface area contributed by atoms with Gasteiger partial charge >= 0.3 is 56.5 Å². The summed E-state index contributed by atoms with van der Waals surface area (Å²) < 4.78 is 37.5. The summed E-state index contributed by atoms with van der Waals surface area (Å²) in [5.41, 5.74) is 5.78. The Morgan fingerprint density at radius 1 is 0.706 bits per heavy atom. The van der Waals surface area contributed by atoms with Crippen LogP contribution in [0.15, 0.2) is 0 Å². The maximum absolute atomic E-state index is 7.50. The summed E-state index contributed by atoms with van der Waals surface area (Å²) >= 11 is 0. The molecule has 0 aliphatic heterocycles. The Labute approximate surface area is 116 Å². The molecule has 0 bridgehead atoms. The van der Waals surface area contributed by atoms with E-state index in [2.05, 4.69) is 58.0 Å². The Morgan fingerprint density at radius 2 is 0.882 bits per heavy atom. The summed E-state index contributed by atoms with van der Waals surface area (Å²) in [6, 6.07) is 0.537. The largest absolute Gasteiger partial charge is 0 e. The van der Waals surface area contributed by atoms with Gasteiger partial charge in [-0.2, -0.15) is 0 Å². The quantitative estimate of drug-likeness (QED) is 0.375. The van der Waals surface area contributed by atoms with Crippen molar-refractivity contribution in [2.75, 3.05) is 7.05 Å². The molecule has 7 nitrogen and oxygen atoms in total. The molecule has 94 valence electrons. The first-order chi connectivity index (χ1) is 7.77. The van der Waals surface area contributed by atoms with Crippen LogP contribution in [0.4, 0.5) is 0 Å². The van der Waals surface area contributed by atoms with Crippen LogP contribution >= 0.6 is 0 Å². The average Bonchev–Trinajstić information content (AvgIpc) is 2.41. The van der Waals surface area contributed by atoms with E-state index < -0.39 is 0 Å². The Morgan fingerprint density at radius 3 is 0.882 bits per heavy atom. The summed E-state index contributed by atoms with van der Waals surface area (Å²) in [6.07, 6.45) is 0. The van der Waals surface area contributed by atoms with E-state index in [0.29, 0.717) is 6.04 Å². The Kier molecular flexibility index (Phi) is 438. The summed E-state index contributed by atoms with van der Waals surface area (Å²) in [6.45, 7) is 26.7. The van der Waals surface area contributed by atoms with Gasteiger partial charge in [-0.05, 0) is 20.9 Å². The molecule has 0 aromatic rings. The maximum Gasteiger partial charge on any atom is 0 e. The van der Waals surface area contributed by atoms with E-state index >= 15 is 0 Å². The minimum absolute atomic E-state index is 0. The maximum atomic E-state index is 7.50. The van der Waals surface area contributed by atoms with Crippen LogP contribution in [0.3, 0.4) is 0 Å². The van der Waals surface area contributed by atoms with Crippen molar-refractivity contribution < 1.29 is 44.3 Å². The minimum atomic E-state index is 0. The smallest absolute Gasteiger partial charge is 0 e. The van der Waals surface area contributed by atoms with Crippen molar-refractivity contribution in [3.05, 3.63) is 33.3 Å². The third kappa shape index (κ3) is 509. The molecule has 0 aromatic heterocycles. The van der Waals surface area contributed by atoms with Gasteiger partial charge in [-0.3, -0.25) is 10.9 Å². The van der Waals surface area contributed by atoms with Crippen LogP contribution in [0, 0.1) is 33.3 Å². The number of nitrogens with one attached hydrogen (secondary N) is 2. The molecule has 0 atom stereocenters. The van der Waals surface area contributed by atoms with E-state index in [0.717, 1.165) is 0 Å². The molecule has 0 aromatic carbocycles. The Hall–Kier alpha value is -0.692. The van der Waals surface area contributed by atoms with Crippen LogP contribution in [0.5, 0.6) is 0 Å². The normalized spacial score (nSPS) is 4.12. The molecule has 0 heterocycles. The van der Waals surface area contributed by atoms with Crippen molar-refractivity contribution in [2.45, 2.75) is 19.9 Å². The molecular weight excluding hydrogens is 400 g/mol. The van der Waals surface area contributed by atoms with Gasteiger partial charge in [-0.1, -0.05) is 0 Å². The van der Waals surface area contributed by atoms with E-state index in [1.54, 1.807) is 0 Å². The second kappa shape index (κ2) is 169. The monoisotopic (exact) mass is 412 g/mol. The summed E-state index contributed by atoms with van der Waals surface area (Å²) in [5.74, 6) is 0. The minimum Gasteiger partial charge on any atom is 0 e. The van der Waals surface area contributed by atoms with Crippen LogP contribution in [0.2, 0.25) is 0 Å². The summed E-state index contributed by atoms with van der Waals surface area (Å²) in [5, 5.41) is 0. The average molecular weight is 412 g/mol. The van der Waals surface area contributed by atoms with Gasteiger partial charge in [0.15, 0.2) is 0 Å². The third-order valence-corrected chi connectivity index (χ3v) is 0.433. The zero-order chi connectivity index (χ0) is 15.0. The summed E-state index contributed by atoms with van der Waals surface area (Å²) in [7, 11) is 1.86. The van der Waals surface area contributed by atoms with Crippen molar-refractivity contribution >= 4 is 0 Å². The first-order valence-corrected chi connectivity index (χ1v) is 3.21. The molecule has 8 heteroatoms. The third-order valence-electron chi connectivity index (χ3n) is 0.433. The SMILES string of the molecule is CNNC(C)C.[C-]#[O+].[C-]#[O+].[C-]#[O+].[C-]#[O+].[C-]#[O+].[W]. The Bertz CT molecular complexity index is 140. The second-order valence-corrected chi connectivity index (χ2v) is 1.55. The van der Waals surface area contributed by atoms with Gasteiger partial charge in [0.05, 0.1) is 0 Å². The van der Waals surface area contributed by atoms with Crippen molar-refractivity contribution in [3.63, 3.8) is 0 Å². The molecule has 0 saturated heterocycles. The van der Waals surface area contributed by atoms with Crippen LogP contribution < -0.4 is 10.9 Å². The van der Waals surface area contributed by atoms with Gasteiger partial charge in [0.2, 0.25) is 0 Å². The van der Waals surface area contributed by atoms with Crippen molar-refractivity contribution in [1.29, 1.82) is 0 Å². The molecule has 0 unspecified atom stereocenters. The number of hydrogen-bond acceptors (Lipinski definition) is 2. The first kappa shape index (κ1) is 44.1. The van der Waals surface area contributed by atoms with Gasteiger partial charge in [0, 0.05) is 27.1 Å². The van der Waals surface area contributed by atoms with Crippen LogP contribution in [-0.4, -0.2) is 13.1 Å². The number of rotatable bonds is 2. The molecule has 17 heavy (non-hydrogen) atoms. The van der Waals surface area contributed by atoms with E-state index in [9.17, 15) is 0 Å². The van der Waals surface area contributed by atoms with E-state index in [1.165, 1.54) is 0 Å². The Balaban J connectivity index is -0.0000000158. The van der Waals surface area contributed by atoms with Crippen molar-refractivity contribution in [2.24, 2.45) is 0 Å². The van der Waals surface area contributed by atoms with Crippen LogP contribution in [0.1, 0.15) is 13.8 Å². The van der Waals surface area contributed by atoms with E-state index in [4.69, 9.17) is 23.3 Å². The zero-order valence-electron chi connectivity index (χ0n) is 9.53. The number of hydrogen-bond donors (Lipinski definition) is 2. The van der Waals surface area contributed by atoms with Gasteiger partial charge in [-0.15, -0.1) is 0 Å². The number of hydrazine groups is 1. The van der Waals surface area contributed by atoms with Gasteiger partial charge in [0.1, 0.15) is 0 Å². The fraction of sp³-hybridized carbons (Fsp3) is 0.444. The zero-order valence-corrected chi connectivity index (χ0v) is 12.5. The first-order valence-electron chi connectivity index (χ1n) is 3.21. The van der Waals surface area contributed by atoms with Crippen molar-refractivity contribution in [1.82, 2.24) is 10.9 Å². The molecule has 0 fully saturated rings. The van der Waals surface area contributed by atoms with E-state index in [-0.39, 0.29) is 21.1 Å². The van der Waals surface area contributed by atoms with Crippen LogP contribution in [0.25, 0.3) is 0 Å². The van der Waals surface area contributed by atoms with Crippen molar-refractivity contribution in [3.8, 4) is 0 Å². The van der Waals surface area contributed by atoms with Gasteiger partial charge in [-0.25, -0.2) is 0 Å². The summed E-state index contributed by atoms with van der Waals surface area (Å²) in [4.78, 5) is 0. The molecule has 0 aliphatic rings. The fourth-order valence-corrected chi connectivity index (χ4v) is 0.289. The molecule has 2 N–H and O–H groups in total. The second-order valence-electron chi connectivity index (χ2n) is 1.55. The molecule has 0 spiro atoms. The fourth-order valence-electron chi connectivity index (χ4n) is 0.289. The standard InChI is InChI=1S/C4H12N2.5CO.W/c1-4(2)6-5-3;5*1-2;/h4-6H,1-3H3;;;;;;.